The first-order valence-electron chi connectivity index (χ1n) is 7.59. The Morgan fingerprint density at radius 1 is 0.862 bits per heavy atom. The largest absolute Gasteiger partial charge is 0.295 e. The molecule has 2 aromatic carbocycles. The van der Waals surface area contributed by atoms with Crippen LogP contribution in [0.1, 0.15) is 0 Å². The van der Waals surface area contributed by atoms with Crippen LogP contribution in [-0.2, 0) is 9.59 Å². The van der Waals surface area contributed by atoms with Crippen LogP contribution in [0.3, 0.4) is 0 Å². The molecule has 1 aliphatic rings. The maximum Gasteiger partial charge on any atom is 0.295 e. The molecule has 0 saturated heterocycles. The number of non-ortho nitro benzene ring substituents is 1. The van der Waals surface area contributed by atoms with Gasteiger partial charge in [-0.25, -0.2) is 4.90 Å². The zero-order valence-corrected chi connectivity index (χ0v) is 17.2. The van der Waals surface area contributed by atoms with E-state index in [1.165, 1.54) is 24.3 Å². The van der Waals surface area contributed by atoms with E-state index in [4.69, 9.17) is 0 Å². The quantitative estimate of drug-likeness (QED) is 0.235. The number of amides is 2. The zero-order valence-electron chi connectivity index (χ0n) is 14.0. The second-order valence-corrected chi connectivity index (χ2v) is 7.20. The molecule has 0 saturated carbocycles. The van der Waals surface area contributed by atoms with Crippen molar-refractivity contribution in [3.8, 4) is 0 Å². The summed E-state index contributed by atoms with van der Waals surface area (Å²) < 4.78 is 0.570. The van der Waals surface area contributed by atoms with Gasteiger partial charge in [0.15, 0.2) is 0 Å². The standard InChI is InChI=1S/C16H7Br2N5O6/c17-10-6-9(22(26)27)7-11(18)16(10)20-19-8-1-2-12(13(5-8)23(28)29)21-14(24)3-4-15(21)25/h1-7H. The third-order valence-electron chi connectivity index (χ3n) is 3.68. The van der Waals surface area contributed by atoms with Gasteiger partial charge in [0, 0.05) is 30.4 Å². The highest BCUT2D eigenvalue weighted by Crippen LogP contribution is 2.39. The lowest BCUT2D eigenvalue weighted by Crippen LogP contribution is -2.30. The second kappa shape index (κ2) is 7.97. The number of carbonyl (C=O) groups excluding carboxylic acids is 2. The number of halogens is 2. The number of carbonyl (C=O) groups is 2. The van der Waals surface area contributed by atoms with Crippen molar-refractivity contribution >= 4 is 72.1 Å². The van der Waals surface area contributed by atoms with Gasteiger partial charge in [-0.3, -0.25) is 29.8 Å². The van der Waals surface area contributed by atoms with Crippen LogP contribution in [-0.4, -0.2) is 21.7 Å². The molecule has 0 bridgehead atoms. The number of imide groups is 1. The van der Waals surface area contributed by atoms with E-state index in [2.05, 4.69) is 42.1 Å². The van der Waals surface area contributed by atoms with Gasteiger partial charge >= 0.3 is 0 Å². The van der Waals surface area contributed by atoms with Crippen molar-refractivity contribution in [3.05, 3.63) is 71.7 Å². The molecule has 29 heavy (non-hydrogen) atoms. The van der Waals surface area contributed by atoms with Gasteiger partial charge in [-0.1, -0.05) is 0 Å². The van der Waals surface area contributed by atoms with E-state index < -0.39 is 27.3 Å². The maximum atomic E-state index is 11.8. The Bertz CT molecular complexity index is 1110. The Labute approximate surface area is 178 Å². The van der Waals surface area contributed by atoms with E-state index in [-0.39, 0.29) is 31.7 Å². The van der Waals surface area contributed by atoms with Gasteiger partial charge in [0.1, 0.15) is 11.4 Å². The number of nitro benzene ring substituents is 2. The summed E-state index contributed by atoms with van der Waals surface area (Å²) in [6.07, 6.45) is 2.03. The fourth-order valence-corrected chi connectivity index (χ4v) is 3.73. The third-order valence-corrected chi connectivity index (χ3v) is 4.89. The minimum absolute atomic E-state index is 0.0738. The zero-order chi connectivity index (χ0) is 21.3. The molecule has 0 spiro atoms. The minimum Gasteiger partial charge on any atom is -0.269 e. The van der Waals surface area contributed by atoms with Crippen LogP contribution < -0.4 is 4.90 Å². The van der Waals surface area contributed by atoms with E-state index >= 15 is 0 Å². The normalized spacial score (nSPS) is 13.5. The summed E-state index contributed by atoms with van der Waals surface area (Å²) in [6, 6.07) is 6.10. The number of anilines is 1. The smallest absolute Gasteiger partial charge is 0.269 e. The molecule has 2 aromatic rings. The molecular formula is C16H7Br2N5O6. The topological polar surface area (TPSA) is 148 Å². The van der Waals surface area contributed by atoms with Crippen molar-refractivity contribution in [3.63, 3.8) is 0 Å². The molecule has 1 aliphatic heterocycles. The lowest BCUT2D eigenvalue weighted by atomic mass is 10.2. The Morgan fingerprint density at radius 2 is 1.45 bits per heavy atom. The molecule has 0 fully saturated rings. The van der Waals surface area contributed by atoms with Gasteiger partial charge in [0.05, 0.1) is 24.5 Å². The lowest BCUT2D eigenvalue weighted by molar-refractivity contribution is -0.385. The molecule has 0 radical (unpaired) electrons. The number of azo groups is 1. The number of rotatable bonds is 5. The van der Waals surface area contributed by atoms with E-state index in [0.717, 1.165) is 18.2 Å². The molecule has 11 nitrogen and oxygen atoms in total. The molecule has 2 amide bonds. The highest BCUT2D eigenvalue weighted by Gasteiger charge is 2.31. The Balaban J connectivity index is 1.98. The van der Waals surface area contributed by atoms with E-state index in [0.29, 0.717) is 4.90 Å². The van der Waals surface area contributed by atoms with Crippen LogP contribution in [0.5, 0.6) is 0 Å². The Kier molecular flexibility index (Phi) is 5.61. The fraction of sp³-hybridized carbons (Fsp3) is 0. The van der Waals surface area contributed by atoms with Gasteiger partial charge in [-0.2, -0.15) is 5.11 Å². The van der Waals surface area contributed by atoms with Gasteiger partial charge in [0.2, 0.25) is 0 Å². The monoisotopic (exact) mass is 523 g/mol. The average Bonchev–Trinajstić information content (AvgIpc) is 2.99. The van der Waals surface area contributed by atoms with Crippen molar-refractivity contribution in [1.29, 1.82) is 0 Å². The summed E-state index contributed by atoms with van der Waals surface area (Å²) >= 11 is 6.32. The van der Waals surface area contributed by atoms with Crippen molar-refractivity contribution in [2.45, 2.75) is 0 Å². The molecule has 0 unspecified atom stereocenters. The molecular weight excluding hydrogens is 518 g/mol. The first kappa shape index (κ1) is 20.4. The SMILES string of the molecule is O=C1C=CC(=O)N1c1ccc(N=Nc2c(Br)cc([N+](=O)[O-])cc2Br)cc1[N+](=O)[O-]. The molecule has 1 heterocycles. The summed E-state index contributed by atoms with van der Waals surface area (Å²) in [5.41, 5.74) is -0.558. The molecule has 13 heteroatoms. The Hall–Kier alpha value is -3.32. The summed E-state index contributed by atoms with van der Waals surface area (Å²) in [7, 11) is 0. The average molecular weight is 525 g/mol. The van der Waals surface area contributed by atoms with Crippen LogP contribution in [0.4, 0.5) is 28.4 Å². The summed E-state index contributed by atoms with van der Waals surface area (Å²) in [5, 5.41) is 30.2. The fourth-order valence-electron chi connectivity index (χ4n) is 2.41. The van der Waals surface area contributed by atoms with Crippen LogP contribution in [0, 0.1) is 20.2 Å². The number of nitrogens with zero attached hydrogens (tertiary/aromatic N) is 5. The van der Waals surface area contributed by atoms with Crippen molar-refractivity contribution < 1.29 is 19.4 Å². The predicted molar refractivity (Wildman–Crippen MR) is 107 cm³/mol. The van der Waals surface area contributed by atoms with Crippen molar-refractivity contribution in [2.24, 2.45) is 10.2 Å². The predicted octanol–water partition coefficient (Wildman–Crippen LogP) is 4.87. The van der Waals surface area contributed by atoms with E-state index in [1.807, 2.05) is 0 Å². The highest BCUT2D eigenvalue weighted by atomic mass is 79.9. The van der Waals surface area contributed by atoms with Crippen molar-refractivity contribution in [2.75, 3.05) is 4.90 Å². The van der Waals surface area contributed by atoms with E-state index in [1.54, 1.807) is 0 Å². The number of hydrogen-bond acceptors (Lipinski definition) is 8. The first-order valence-corrected chi connectivity index (χ1v) is 9.17. The first-order chi connectivity index (χ1) is 13.7. The maximum absolute atomic E-state index is 11.8. The number of benzene rings is 2. The lowest BCUT2D eigenvalue weighted by Gasteiger charge is -2.13. The molecule has 146 valence electrons. The molecule has 3 rings (SSSR count). The molecule has 0 atom stereocenters. The van der Waals surface area contributed by atoms with Gasteiger partial charge in [-0.15, -0.1) is 5.11 Å². The number of hydrogen-bond donors (Lipinski definition) is 0. The summed E-state index contributed by atoms with van der Waals surface area (Å²) in [4.78, 5) is 45.3. The summed E-state index contributed by atoms with van der Waals surface area (Å²) in [6.45, 7) is 0. The molecule has 0 aromatic heterocycles. The van der Waals surface area contributed by atoms with Crippen LogP contribution in [0.15, 0.2) is 61.7 Å². The molecule has 0 N–H and O–H groups in total. The highest BCUT2D eigenvalue weighted by molar-refractivity contribution is 9.11. The van der Waals surface area contributed by atoms with Crippen LogP contribution in [0.2, 0.25) is 0 Å². The Morgan fingerprint density at radius 3 is 1.97 bits per heavy atom. The summed E-state index contributed by atoms with van der Waals surface area (Å²) in [5.74, 6) is -1.38. The molecule has 0 aliphatic carbocycles. The second-order valence-electron chi connectivity index (χ2n) is 5.49. The van der Waals surface area contributed by atoms with E-state index in [9.17, 15) is 29.8 Å². The van der Waals surface area contributed by atoms with Crippen LogP contribution in [0.25, 0.3) is 0 Å². The van der Waals surface area contributed by atoms with Crippen LogP contribution >= 0.6 is 31.9 Å². The van der Waals surface area contributed by atoms with Crippen molar-refractivity contribution in [1.82, 2.24) is 0 Å². The number of nitro groups is 2. The van der Waals surface area contributed by atoms with Gasteiger partial charge in [-0.05, 0) is 44.0 Å². The van der Waals surface area contributed by atoms with Gasteiger partial charge < -0.3 is 0 Å². The van der Waals surface area contributed by atoms with Gasteiger partial charge in [0.25, 0.3) is 23.2 Å². The third kappa shape index (κ3) is 4.09. The minimum atomic E-state index is -0.745.